The molecule has 0 aliphatic carbocycles. The van der Waals surface area contributed by atoms with Crippen LogP contribution in [0.15, 0.2) is 62.5 Å². The molecule has 0 saturated heterocycles. The number of halogens is 1. The minimum Gasteiger partial charge on any atom is -0.448 e. The summed E-state index contributed by atoms with van der Waals surface area (Å²) in [6.07, 6.45) is 1.40. The first-order valence-electron chi connectivity index (χ1n) is 8.35. The monoisotopic (exact) mass is 425 g/mol. The van der Waals surface area contributed by atoms with Crippen LogP contribution in [0, 0.1) is 6.92 Å². The van der Waals surface area contributed by atoms with Crippen molar-refractivity contribution >= 4 is 49.6 Å². The van der Waals surface area contributed by atoms with Crippen molar-refractivity contribution in [2.45, 2.75) is 13.5 Å². The smallest absolute Gasteiger partial charge is 0.297 e. The number of likely N-dealkylation sites (N-methyl/N-ethyl adjacent to an activating group) is 1. The maximum atomic E-state index is 12.8. The number of benzene rings is 2. The number of fused-ring (bicyclic) bond motifs is 3. The molecule has 2 aromatic heterocycles. The molecule has 0 fully saturated rings. The highest BCUT2D eigenvalue weighted by Gasteiger charge is 2.17. The Balaban J connectivity index is 1.68. The molecule has 0 N–H and O–H groups in total. The Hall–Kier alpha value is -2.93. The lowest BCUT2D eigenvalue weighted by molar-refractivity contribution is -0.118. The number of carbonyl (C=O) groups excluding carboxylic acids is 1. The molecule has 2 heterocycles. The number of anilines is 1. The van der Waals surface area contributed by atoms with E-state index in [2.05, 4.69) is 20.9 Å². The number of nitrogens with zero attached hydrogens (tertiary/aromatic N) is 3. The van der Waals surface area contributed by atoms with E-state index >= 15 is 0 Å². The molecule has 0 atom stereocenters. The Morgan fingerprint density at radius 2 is 2.04 bits per heavy atom. The zero-order chi connectivity index (χ0) is 19.1. The second-order valence-electron chi connectivity index (χ2n) is 6.34. The number of furan rings is 1. The van der Waals surface area contributed by atoms with Crippen LogP contribution in [-0.2, 0) is 11.3 Å². The lowest BCUT2D eigenvalue weighted by atomic mass is 10.2. The fourth-order valence-electron chi connectivity index (χ4n) is 3.11. The van der Waals surface area contributed by atoms with Crippen LogP contribution in [0.5, 0.6) is 0 Å². The molecule has 0 spiro atoms. The van der Waals surface area contributed by atoms with Gasteiger partial charge in [-0.3, -0.25) is 14.2 Å². The summed E-state index contributed by atoms with van der Waals surface area (Å²) in [6, 6.07) is 13.0. The van der Waals surface area contributed by atoms with Crippen molar-refractivity contribution in [2.24, 2.45) is 0 Å². The summed E-state index contributed by atoms with van der Waals surface area (Å²) in [5, 5.41) is 0.783. The number of aryl methyl sites for hydroxylation is 1. The molecule has 0 aliphatic heterocycles. The third-order valence-electron chi connectivity index (χ3n) is 4.55. The molecule has 0 unspecified atom stereocenters. The topological polar surface area (TPSA) is 68.3 Å². The van der Waals surface area contributed by atoms with Crippen LogP contribution in [0.3, 0.4) is 0 Å². The quantitative estimate of drug-likeness (QED) is 0.499. The van der Waals surface area contributed by atoms with E-state index in [1.54, 1.807) is 13.1 Å². The lowest BCUT2D eigenvalue weighted by Gasteiger charge is -2.20. The number of rotatable bonds is 3. The van der Waals surface area contributed by atoms with Gasteiger partial charge in [0.1, 0.15) is 17.6 Å². The molecule has 0 saturated carbocycles. The van der Waals surface area contributed by atoms with Gasteiger partial charge in [-0.2, -0.15) is 0 Å². The van der Waals surface area contributed by atoms with Crippen LogP contribution in [0.1, 0.15) is 5.56 Å². The van der Waals surface area contributed by atoms with E-state index in [-0.39, 0.29) is 23.6 Å². The molecule has 136 valence electrons. The lowest BCUT2D eigenvalue weighted by Crippen LogP contribution is -2.34. The van der Waals surface area contributed by atoms with Crippen LogP contribution in [-0.4, -0.2) is 22.5 Å². The van der Waals surface area contributed by atoms with Gasteiger partial charge in [0.25, 0.3) is 5.56 Å². The van der Waals surface area contributed by atoms with E-state index in [1.165, 1.54) is 15.8 Å². The average Bonchev–Trinajstić information content (AvgIpc) is 3.03. The second kappa shape index (κ2) is 6.66. The van der Waals surface area contributed by atoms with Crippen molar-refractivity contribution in [2.75, 3.05) is 11.9 Å². The van der Waals surface area contributed by atoms with Crippen molar-refractivity contribution in [3.05, 3.63) is 69.2 Å². The third kappa shape index (κ3) is 3.04. The first-order valence-corrected chi connectivity index (χ1v) is 9.14. The SMILES string of the molecule is Cc1cc(Br)ccc1N(C)C(=O)Cn1cnc2c(oc3ccccc32)c1=O. The molecule has 0 radical (unpaired) electrons. The van der Waals surface area contributed by atoms with Gasteiger partial charge in [0, 0.05) is 22.6 Å². The molecule has 0 aliphatic rings. The summed E-state index contributed by atoms with van der Waals surface area (Å²) in [4.78, 5) is 31.3. The van der Waals surface area contributed by atoms with Gasteiger partial charge in [-0.05, 0) is 42.8 Å². The van der Waals surface area contributed by atoms with E-state index in [0.717, 1.165) is 21.1 Å². The van der Waals surface area contributed by atoms with E-state index in [0.29, 0.717) is 11.1 Å². The first-order chi connectivity index (χ1) is 13.0. The maximum absolute atomic E-state index is 12.8. The predicted molar refractivity (Wildman–Crippen MR) is 108 cm³/mol. The van der Waals surface area contributed by atoms with E-state index < -0.39 is 0 Å². The van der Waals surface area contributed by atoms with Gasteiger partial charge in [0.2, 0.25) is 11.5 Å². The normalized spacial score (nSPS) is 11.2. The van der Waals surface area contributed by atoms with E-state index in [9.17, 15) is 9.59 Å². The summed E-state index contributed by atoms with van der Waals surface area (Å²) in [5.41, 5.74) is 2.65. The summed E-state index contributed by atoms with van der Waals surface area (Å²) >= 11 is 3.42. The van der Waals surface area contributed by atoms with Gasteiger partial charge >= 0.3 is 0 Å². The van der Waals surface area contributed by atoms with Crippen molar-refractivity contribution in [1.29, 1.82) is 0 Å². The van der Waals surface area contributed by atoms with E-state index in [1.807, 2.05) is 43.3 Å². The van der Waals surface area contributed by atoms with Crippen LogP contribution in [0.25, 0.3) is 22.1 Å². The second-order valence-corrected chi connectivity index (χ2v) is 7.25. The highest BCUT2D eigenvalue weighted by atomic mass is 79.9. The van der Waals surface area contributed by atoms with Gasteiger partial charge in [0.15, 0.2) is 0 Å². The fourth-order valence-corrected chi connectivity index (χ4v) is 3.58. The first kappa shape index (κ1) is 17.5. The van der Waals surface area contributed by atoms with Gasteiger partial charge in [-0.15, -0.1) is 0 Å². The summed E-state index contributed by atoms with van der Waals surface area (Å²) in [6.45, 7) is 1.81. The highest BCUT2D eigenvalue weighted by Crippen LogP contribution is 2.25. The standard InChI is InChI=1S/C20H16BrN3O3/c1-12-9-13(21)7-8-15(12)23(2)17(25)10-24-11-22-18-14-5-3-4-6-16(14)27-19(18)20(24)26/h3-9,11H,10H2,1-2H3. The third-order valence-corrected chi connectivity index (χ3v) is 5.04. The Bertz CT molecular complexity index is 1240. The molecule has 6 nitrogen and oxygen atoms in total. The van der Waals surface area contributed by atoms with Crippen molar-refractivity contribution < 1.29 is 9.21 Å². The molecule has 4 rings (SSSR count). The predicted octanol–water partition coefficient (Wildman–Crippen LogP) is 3.88. The van der Waals surface area contributed by atoms with Crippen LogP contribution >= 0.6 is 15.9 Å². The molecule has 4 aromatic rings. The summed E-state index contributed by atoms with van der Waals surface area (Å²) in [7, 11) is 1.69. The molecule has 1 amide bonds. The van der Waals surface area contributed by atoms with E-state index in [4.69, 9.17) is 4.42 Å². The van der Waals surface area contributed by atoms with Gasteiger partial charge in [-0.25, -0.2) is 4.98 Å². The Morgan fingerprint density at radius 1 is 1.26 bits per heavy atom. The Labute approximate surface area is 163 Å². The molecular weight excluding hydrogens is 410 g/mol. The number of para-hydroxylation sites is 1. The number of hydrogen-bond acceptors (Lipinski definition) is 4. The minimum absolute atomic E-state index is 0.120. The van der Waals surface area contributed by atoms with Gasteiger partial charge < -0.3 is 9.32 Å². The van der Waals surface area contributed by atoms with Crippen LogP contribution in [0.2, 0.25) is 0 Å². The number of aromatic nitrogens is 2. The van der Waals surface area contributed by atoms with Gasteiger partial charge in [-0.1, -0.05) is 28.1 Å². The largest absolute Gasteiger partial charge is 0.448 e. The molecule has 7 heteroatoms. The number of hydrogen-bond donors (Lipinski definition) is 0. The average molecular weight is 426 g/mol. The number of amides is 1. The zero-order valence-electron chi connectivity index (χ0n) is 14.8. The zero-order valence-corrected chi connectivity index (χ0v) is 16.4. The van der Waals surface area contributed by atoms with Crippen LogP contribution in [0.4, 0.5) is 5.69 Å². The Kier molecular flexibility index (Phi) is 4.31. The maximum Gasteiger partial charge on any atom is 0.297 e. The summed E-state index contributed by atoms with van der Waals surface area (Å²) < 4.78 is 7.88. The molecule has 27 heavy (non-hydrogen) atoms. The fraction of sp³-hybridized carbons (Fsp3) is 0.150. The van der Waals surface area contributed by atoms with Crippen molar-refractivity contribution in [3.63, 3.8) is 0 Å². The number of carbonyl (C=O) groups is 1. The molecular formula is C20H16BrN3O3. The molecule has 2 aromatic carbocycles. The highest BCUT2D eigenvalue weighted by molar-refractivity contribution is 9.10. The minimum atomic E-state index is -0.370. The molecule has 0 bridgehead atoms. The van der Waals surface area contributed by atoms with Crippen molar-refractivity contribution in [3.8, 4) is 0 Å². The summed E-state index contributed by atoms with van der Waals surface area (Å²) in [5.74, 6) is -0.222. The Morgan fingerprint density at radius 3 is 2.81 bits per heavy atom. The van der Waals surface area contributed by atoms with Crippen LogP contribution < -0.4 is 10.5 Å². The van der Waals surface area contributed by atoms with Gasteiger partial charge in [0.05, 0.1) is 6.33 Å². The van der Waals surface area contributed by atoms with Crippen molar-refractivity contribution in [1.82, 2.24) is 9.55 Å².